The number of aromatic nitrogens is 2. The molecule has 0 aliphatic rings. The van der Waals surface area contributed by atoms with E-state index in [2.05, 4.69) is 4.98 Å². The van der Waals surface area contributed by atoms with Crippen LogP contribution in [0.4, 0.5) is 4.39 Å². The minimum atomic E-state index is -0.303. The summed E-state index contributed by atoms with van der Waals surface area (Å²) in [5.41, 5.74) is 6.23. The molecule has 0 radical (unpaired) electrons. The molecule has 0 saturated heterocycles. The second kappa shape index (κ2) is 5.50. The molecule has 18 heavy (non-hydrogen) atoms. The topological polar surface area (TPSA) is 43.8 Å². The standard InChI is InChI=1S/C13H15ClFN3/c1-9(16)7-13-17-5-6-18(13)8-10-11(14)3-2-4-12(10)15/h2-6,9H,7-8,16H2,1H3. The Bertz CT molecular complexity index is 517. The van der Waals surface area contributed by atoms with Gasteiger partial charge in [0.05, 0.1) is 6.54 Å². The molecule has 2 rings (SSSR count). The van der Waals surface area contributed by atoms with E-state index in [-0.39, 0.29) is 11.9 Å². The number of hydrogen-bond donors (Lipinski definition) is 1. The number of nitrogens with two attached hydrogens (primary N) is 1. The van der Waals surface area contributed by atoms with E-state index in [1.807, 2.05) is 11.5 Å². The van der Waals surface area contributed by atoms with Crippen molar-refractivity contribution in [2.45, 2.75) is 25.9 Å². The van der Waals surface area contributed by atoms with Crippen molar-refractivity contribution >= 4 is 11.6 Å². The third-order valence-electron chi connectivity index (χ3n) is 2.70. The maximum absolute atomic E-state index is 13.7. The fourth-order valence-electron chi connectivity index (χ4n) is 1.82. The molecule has 0 spiro atoms. The minimum Gasteiger partial charge on any atom is -0.330 e. The van der Waals surface area contributed by atoms with Crippen LogP contribution in [0.5, 0.6) is 0 Å². The maximum Gasteiger partial charge on any atom is 0.129 e. The minimum absolute atomic E-state index is 0.0160. The van der Waals surface area contributed by atoms with Crippen molar-refractivity contribution in [2.75, 3.05) is 0 Å². The molecule has 0 aliphatic carbocycles. The van der Waals surface area contributed by atoms with Gasteiger partial charge in [-0.05, 0) is 19.1 Å². The van der Waals surface area contributed by atoms with Crippen LogP contribution in [-0.2, 0) is 13.0 Å². The molecule has 96 valence electrons. The molecule has 2 N–H and O–H groups in total. The Balaban J connectivity index is 2.26. The highest BCUT2D eigenvalue weighted by Crippen LogP contribution is 2.20. The fourth-order valence-corrected chi connectivity index (χ4v) is 2.04. The third-order valence-corrected chi connectivity index (χ3v) is 3.05. The van der Waals surface area contributed by atoms with Crippen molar-refractivity contribution in [3.05, 3.63) is 52.8 Å². The average Bonchev–Trinajstić information content (AvgIpc) is 2.70. The highest BCUT2D eigenvalue weighted by Gasteiger charge is 2.11. The fraction of sp³-hybridized carbons (Fsp3) is 0.308. The van der Waals surface area contributed by atoms with Gasteiger partial charge in [-0.3, -0.25) is 0 Å². The van der Waals surface area contributed by atoms with Gasteiger partial charge < -0.3 is 10.3 Å². The largest absolute Gasteiger partial charge is 0.330 e. The zero-order chi connectivity index (χ0) is 13.1. The molecule has 1 aromatic heterocycles. The van der Waals surface area contributed by atoms with Crippen LogP contribution in [0.25, 0.3) is 0 Å². The van der Waals surface area contributed by atoms with Gasteiger partial charge in [-0.1, -0.05) is 17.7 Å². The lowest BCUT2D eigenvalue weighted by atomic mass is 10.2. The smallest absolute Gasteiger partial charge is 0.129 e. The molecular weight excluding hydrogens is 253 g/mol. The normalized spacial score (nSPS) is 12.7. The summed E-state index contributed by atoms with van der Waals surface area (Å²) >= 11 is 6.01. The third kappa shape index (κ3) is 2.89. The van der Waals surface area contributed by atoms with E-state index >= 15 is 0 Å². The van der Waals surface area contributed by atoms with Crippen molar-refractivity contribution in [3.63, 3.8) is 0 Å². The Hall–Kier alpha value is -1.39. The highest BCUT2D eigenvalue weighted by molar-refractivity contribution is 6.31. The molecule has 1 heterocycles. The van der Waals surface area contributed by atoms with Crippen LogP contribution in [-0.4, -0.2) is 15.6 Å². The lowest BCUT2D eigenvalue weighted by Crippen LogP contribution is -2.21. The molecule has 0 saturated carbocycles. The summed E-state index contributed by atoms with van der Waals surface area (Å²) in [6, 6.07) is 4.70. The first-order valence-electron chi connectivity index (χ1n) is 5.76. The molecule has 0 bridgehead atoms. The van der Waals surface area contributed by atoms with Crippen LogP contribution in [0.15, 0.2) is 30.6 Å². The van der Waals surface area contributed by atoms with Crippen LogP contribution < -0.4 is 5.73 Å². The molecule has 1 unspecified atom stereocenters. The Morgan fingerprint density at radius 3 is 2.94 bits per heavy atom. The molecule has 0 fully saturated rings. The lowest BCUT2D eigenvalue weighted by molar-refractivity contribution is 0.588. The van der Waals surface area contributed by atoms with E-state index < -0.39 is 0 Å². The van der Waals surface area contributed by atoms with Crippen molar-refractivity contribution in [1.82, 2.24) is 9.55 Å². The van der Waals surface area contributed by atoms with Gasteiger partial charge in [-0.15, -0.1) is 0 Å². The van der Waals surface area contributed by atoms with Gasteiger partial charge in [0.25, 0.3) is 0 Å². The van der Waals surface area contributed by atoms with E-state index in [0.29, 0.717) is 23.6 Å². The Morgan fingerprint density at radius 2 is 2.28 bits per heavy atom. The zero-order valence-electron chi connectivity index (χ0n) is 10.1. The number of imidazole rings is 1. The summed E-state index contributed by atoms with van der Waals surface area (Å²) < 4.78 is 15.6. The van der Waals surface area contributed by atoms with Gasteiger partial charge in [-0.25, -0.2) is 9.37 Å². The quantitative estimate of drug-likeness (QED) is 0.925. The van der Waals surface area contributed by atoms with Gasteiger partial charge in [0.15, 0.2) is 0 Å². The summed E-state index contributed by atoms with van der Waals surface area (Å²) in [4.78, 5) is 4.23. The number of hydrogen-bond acceptors (Lipinski definition) is 2. The average molecular weight is 268 g/mol. The molecule has 0 aliphatic heterocycles. The SMILES string of the molecule is CC(N)Cc1nccn1Cc1c(F)cccc1Cl. The van der Waals surface area contributed by atoms with Crippen LogP contribution in [0.1, 0.15) is 18.3 Å². The number of benzene rings is 1. The van der Waals surface area contributed by atoms with Crippen LogP contribution in [0.2, 0.25) is 5.02 Å². The number of halogens is 2. The summed E-state index contributed by atoms with van der Waals surface area (Å²) in [5.74, 6) is 0.535. The van der Waals surface area contributed by atoms with E-state index in [4.69, 9.17) is 17.3 Å². The number of rotatable bonds is 4. The van der Waals surface area contributed by atoms with Crippen molar-refractivity contribution in [2.24, 2.45) is 5.73 Å². The summed E-state index contributed by atoms with van der Waals surface area (Å²) in [6.07, 6.45) is 4.14. The summed E-state index contributed by atoms with van der Waals surface area (Å²) in [6.45, 7) is 2.28. The van der Waals surface area contributed by atoms with Crippen LogP contribution >= 0.6 is 11.6 Å². The molecule has 0 amide bonds. The van der Waals surface area contributed by atoms with Gasteiger partial charge in [-0.2, -0.15) is 0 Å². The molecule has 5 heteroatoms. The van der Waals surface area contributed by atoms with Crippen molar-refractivity contribution in [1.29, 1.82) is 0 Å². The van der Waals surface area contributed by atoms with Gasteiger partial charge >= 0.3 is 0 Å². The first-order chi connectivity index (χ1) is 8.58. The Labute approximate surface area is 110 Å². The van der Waals surface area contributed by atoms with E-state index in [1.165, 1.54) is 6.07 Å². The second-order valence-electron chi connectivity index (χ2n) is 4.35. The monoisotopic (exact) mass is 267 g/mol. The molecule has 1 aromatic carbocycles. The van der Waals surface area contributed by atoms with E-state index in [9.17, 15) is 4.39 Å². The molecule has 3 nitrogen and oxygen atoms in total. The highest BCUT2D eigenvalue weighted by atomic mass is 35.5. The van der Waals surface area contributed by atoms with Gasteiger partial charge in [0.2, 0.25) is 0 Å². The molecule has 1 atom stereocenters. The number of nitrogens with zero attached hydrogens (tertiary/aromatic N) is 2. The summed E-state index contributed by atoms with van der Waals surface area (Å²) in [5, 5.41) is 0.426. The van der Waals surface area contributed by atoms with Crippen LogP contribution in [0.3, 0.4) is 0 Å². The Kier molecular flexibility index (Phi) is 3.99. The second-order valence-corrected chi connectivity index (χ2v) is 4.76. The maximum atomic E-state index is 13.7. The van der Waals surface area contributed by atoms with Gasteiger partial charge in [0.1, 0.15) is 11.6 Å². The van der Waals surface area contributed by atoms with Crippen LogP contribution in [0, 0.1) is 5.82 Å². The Morgan fingerprint density at radius 1 is 1.50 bits per heavy atom. The van der Waals surface area contributed by atoms with Crippen molar-refractivity contribution < 1.29 is 4.39 Å². The van der Waals surface area contributed by atoms with Gasteiger partial charge in [0, 0.05) is 35.4 Å². The first kappa shape index (κ1) is 13.1. The lowest BCUT2D eigenvalue weighted by Gasteiger charge is -2.11. The van der Waals surface area contributed by atoms with E-state index in [1.54, 1.807) is 24.5 Å². The summed E-state index contributed by atoms with van der Waals surface area (Å²) in [7, 11) is 0. The predicted molar refractivity (Wildman–Crippen MR) is 70.1 cm³/mol. The molecule has 2 aromatic rings. The predicted octanol–water partition coefficient (Wildman–Crippen LogP) is 2.61. The van der Waals surface area contributed by atoms with E-state index in [0.717, 1.165) is 5.82 Å². The molecular formula is C13H15ClFN3. The van der Waals surface area contributed by atoms with Crippen molar-refractivity contribution in [3.8, 4) is 0 Å². The zero-order valence-corrected chi connectivity index (χ0v) is 10.9. The first-order valence-corrected chi connectivity index (χ1v) is 6.14.